The Labute approximate surface area is 120 Å². The van der Waals surface area contributed by atoms with Crippen LogP contribution >= 0.6 is 0 Å². The smallest absolute Gasteiger partial charge is 0.216 e. The highest BCUT2D eigenvalue weighted by Crippen LogP contribution is 2.25. The van der Waals surface area contributed by atoms with E-state index < -0.39 is 10.0 Å². The molecule has 0 aromatic heterocycles. The quantitative estimate of drug-likeness (QED) is 0.713. The fourth-order valence-electron chi connectivity index (χ4n) is 2.72. The molecule has 0 saturated heterocycles. The number of nitrogen functional groups attached to an aromatic ring is 1. The molecule has 2 rings (SSSR count). The summed E-state index contributed by atoms with van der Waals surface area (Å²) >= 11 is 0. The van der Waals surface area contributed by atoms with E-state index in [2.05, 4.69) is 4.72 Å². The summed E-state index contributed by atoms with van der Waals surface area (Å²) in [6.07, 6.45) is 3.71. The van der Waals surface area contributed by atoms with Crippen LogP contribution in [-0.2, 0) is 15.8 Å². The average Bonchev–Trinajstić information content (AvgIpc) is 2.41. The summed E-state index contributed by atoms with van der Waals surface area (Å²) in [6, 6.07) is 6.81. The first-order chi connectivity index (χ1) is 9.52. The summed E-state index contributed by atoms with van der Waals surface area (Å²) < 4.78 is 27.2. The lowest BCUT2D eigenvalue weighted by Gasteiger charge is -2.30. The van der Waals surface area contributed by atoms with Crippen LogP contribution in [0.2, 0.25) is 0 Å². The fourth-order valence-corrected chi connectivity index (χ4v) is 4.25. The zero-order valence-corrected chi connectivity index (χ0v) is 12.3. The maximum atomic E-state index is 12.2. The van der Waals surface area contributed by atoms with Crippen molar-refractivity contribution >= 4 is 15.7 Å². The molecule has 1 aromatic carbocycles. The summed E-state index contributed by atoms with van der Waals surface area (Å²) in [4.78, 5) is 0. The van der Waals surface area contributed by atoms with Crippen LogP contribution in [0.3, 0.4) is 0 Å². The number of nitrogens with one attached hydrogen (secondary N) is 1. The Balaban J connectivity index is 2.05. The highest BCUT2D eigenvalue weighted by Gasteiger charge is 2.28. The van der Waals surface area contributed by atoms with Crippen LogP contribution in [0.25, 0.3) is 0 Å². The van der Waals surface area contributed by atoms with E-state index in [0.29, 0.717) is 11.3 Å². The fraction of sp³-hybridized carbons (Fsp3) is 0.571. The van der Waals surface area contributed by atoms with E-state index >= 15 is 0 Å². The van der Waals surface area contributed by atoms with E-state index in [1.165, 1.54) is 0 Å². The topological polar surface area (TPSA) is 92.4 Å². The molecular weight excluding hydrogens is 276 g/mol. The third-order valence-corrected chi connectivity index (χ3v) is 5.23. The van der Waals surface area contributed by atoms with Crippen LogP contribution in [-0.4, -0.2) is 26.2 Å². The molecule has 1 fully saturated rings. The summed E-state index contributed by atoms with van der Waals surface area (Å²) in [5.74, 6) is -0.0967. The second-order valence-electron chi connectivity index (χ2n) is 5.41. The van der Waals surface area contributed by atoms with Crippen molar-refractivity contribution in [1.82, 2.24) is 4.72 Å². The van der Waals surface area contributed by atoms with Gasteiger partial charge in [0.15, 0.2) is 0 Å². The molecule has 2 atom stereocenters. The lowest BCUT2D eigenvalue weighted by Crippen LogP contribution is -2.43. The van der Waals surface area contributed by atoms with Crippen LogP contribution in [0.1, 0.15) is 31.2 Å². The molecule has 5 nitrogen and oxygen atoms in total. The Morgan fingerprint density at radius 2 is 1.95 bits per heavy atom. The van der Waals surface area contributed by atoms with E-state index in [1.54, 1.807) is 24.3 Å². The second kappa shape index (κ2) is 6.56. The van der Waals surface area contributed by atoms with Gasteiger partial charge in [0.05, 0.1) is 5.75 Å². The van der Waals surface area contributed by atoms with E-state index in [9.17, 15) is 13.5 Å². The van der Waals surface area contributed by atoms with Gasteiger partial charge in [-0.15, -0.1) is 0 Å². The Kier molecular flexibility index (Phi) is 5.01. The number of hydrogen-bond donors (Lipinski definition) is 3. The van der Waals surface area contributed by atoms with Crippen LogP contribution < -0.4 is 10.5 Å². The first-order valence-electron chi connectivity index (χ1n) is 6.96. The van der Waals surface area contributed by atoms with Gasteiger partial charge in [-0.1, -0.05) is 31.0 Å². The van der Waals surface area contributed by atoms with Crippen molar-refractivity contribution in [2.75, 3.05) is 12.3 Å². The van der Waals surface area contributed by atoms with E-state index in [0.717, 1.165) is 25.7 Å². The van der Waals surface area contributed by atoms with Crippen LogP contribution in [0, 0.1) is 5.92 Å². The summed E-state index contributed by atoms with van der Waals surface area (Å²) in [5.41, 5.74) is 6.88. The molecule has 112 valence electrons. The van der Waals surface area contributed by atoms with Gasteiger partial charge in [-0.05, 0) is 30.4 Å². The molecule has 1 aliphatic carbocycles. The minimum absolute atomic E-state index is 0.0200. The maximum Gasteiger partial charge on any atom is 0.216 e. The zero-order chi connectivity index (χ0) is 14.6. The van der Waals surface area contributed by atoms with Crippen molar-refractivity contribution in [3.05, 3.63) is 29.8 Å². The molecule has 20 heavy (non-hydrogen) atoms. The molecular formula is C14H22N2O3S. The minimum atomic E-state index is -3.44. The Morgan fingerprint density at radius 3 is 2.65 bits per heavy atom. The van der Waals surface area contributed by atoms with Crippen LogP contribution in [0.5, 0.6) is 0 Å². The summed E-state index contributed by atoms with van der Waals surface area (Å²) in [7, 11) is -3.44. The molecule has 1 aromatic rings. The number of sulfonamides is 1. The van der Waals surface area contributed by atoms with Gasteiger partial charge in [-0.3, -0.25) is 0 Å². The Morgan fingerprint density at radius 1 is 1.25 bits per heavy atom. The van der Waals surface area contributed by atoms with Crippen LogP contribution in [0.15, 0.2) is 24.3 Å². The van der Waals surface area contributed by atoms with Gasteiger partial charge in [-0.2, -0.15) is 0 Å². The maximum absolute atomic E-state index is 12.2. The molecule has 2 unspecified atom stereocenters. The lowest BCUT2D eigenvalue weighted by atomic mass is 9.86. The Bertz CT molecular complexity index is 545. The van der Waals surface area contributed by atoms with Crippen molar-refractivity contribution in [2.45, 2.75) is 37.5 Å². The van der Waals surface area contributed by atoms with E-state index in [4.69, 9.17) is 5.73 Å². The molecule has 1 aliphatic rings. The van der Waals surface area contributed by atoms with Crippen molar-refractivity contribution in [1.29, 1.82) is 0 Å². The normalized spacial score (nSPS) is 23.6. The van der Waals surface area contributed by atoms with Gasteiger partial charge in [0, 0.05) is 18.3 Å². The molecule has 1 saturated carbocycles. The molecule has 0 spiro atoms. The third kappa shape index (κ3) is 3.94. The van der Waals surface area contributed by atoms with Gasteiger partial charge < -0.3 is 10.8 Å². The van der Waals surface area contributed by atoms with Crippen molar-refractivity contribution in [2.24, 2.45) is 5.92 Å². The number of nitrogens with two attached hydrogens (primary N) is 1. The number of hydrogen-bond acceptors (Lipinski definition) is 4. The SMILES string of the molecule is Nc1ccccc1CS(=O)(=O)NC1CCCCC1CO. The molecule has 0 heterocycles. The van der Waals surface area contributed by atoms with Crippen molar-refractivity contribution in [3.63, 3.8) is 0 Å². The van der Waals surface area contributed by atoms with Gasteiger partial charge in [0.25, 0.3) is 0 Å². The molecule has 0 radical (unpaired) electrons. The number of anilines is 1. The average molecular weight is 298 g/mol. The van der Waals surface area contributed by atoms with Crippen LogP contribution in [0.4, 0.5) is 5.69 Å². The minimum Gasteiger partial charge on any atom is -0.398 e. The summed E-state index contributed by atoms with van der Waals surface area (Å²) in [6.45, 7) is 0.0284. The molecule has 6 heteroatoms. The van der Waals surface area contributed by atoms with Gasteiger partial charge in [0.1, 0.15) is 0 Å². The molecule has 4 N–H and O–H groups in total. The van der Waals surface area contributed by atoms with Gasteiger partial charge in [0.2, 0.25) is 10.0 Å². The number of para-hydroxylation sites is 1. The second-order valence-corrected chi connectivity index (χ2v) is 7.16. The number of benzene rings is 1. The first kappa shape index (κ1) is 15.3. The lowest BCUT2D eigenvalue weighted by molar-refractivity contribution is 0.164. The zero-order valence-electron chi connectivity index (χ0n) is 11.5. The molecule has 0 bridgehead atoms. The van der Waals surface area contributed by atoms with Crippen molar-refractivity contribution in [3.8, 4) is 0 Å². The standard InChI is InChI=1S/C14H22N2O3S/c15-13-7-3-1-6-12(13)10-20(18,19)16-14-8-4-2-5-11(14)9-17/h1,3,6-7,11,14,16-17H,2,4-5,8-10,15H2. The van der Waals surface area contributed by atoms with Gasteiger partial charge in [-0.25, -0.2) is 13.1 Å². The molecule has 0 aliphatic heterocycles. The first-order valence-corrected chi connectivity index (χ1v) is 8.61. The van der Waals surface area contributed by atoms with E-state index in [1.807, 2.05) is 0 Å². The number of aliphatic hydroxyl groups is 1. The number of aliphatic hydroxyl groups excluding tert-OH is 1. The number of rotatable bonds is 5. The van der Waals surface area contributed by atoms with Gasteiger partial charge >= 0.3 is 0 Å². The van der Waals surface area contributed by atoms with E-state index in [-0.39, 0.29) is 24.3 Å². The predicted molar refractivity (Wildman–Crippen MR) is 79.4 cm³/mol. The third-order valence-electron chi connectivity index (χ3n) is 3.88. The highest BCUT2D eigenvalue weighted by atomic mass is 32.2. The summed E-state index contributed by atoms with van der Waals surface area (Å²) in [5, 5.41) is 9.34. The highest BCUT2D eigenvalue weighted by molar-refractivity contribution is 7.88. The predicted octanol–water partition coefficient (Wildman–Crippen LogP) is 1.24. The monoisotopic (exact) mass is 298 g/mol. The van der Waals surface area contributed by atoms with Crippen molar-refractivity contribution < 1.29 is 13.5 Å². The largest absolute Gasteiger partial charge is 0.398 e. The Hall–Kier alpha value is -1.11. The molecule has 0 amide bonds.